The molecule has 0 amide bonds. The fraction of sp³-hybridized carbons (Fsp3) is 0.556. The molecular weight excluding hydrogens is 186 g/mol. The zero-order chi connectivity index (χ0) is 9.90. The Morgan fingerprint density at radius 2 is 2.31 bits per heavy atom. The first-order valence-corrected chi connectivity index (χ1v) is 6.03. The fourth-order valence-corrected chi connectivity index (χ4v) is 1.93. The van der Waals surface area contributed by atoms with Crippen molar-refractivity contribution in [3.8, 4) is 0 Å². The highest BCUT2D eigenvalue weighted by atomic mass is 32.2. The number of sulfonamides is 1. The van der Waals surface area contributed by atoms with Gasteiger partial charge in [0.25, 0.3) is 0 Å². The van der Waals surface area contributed by atoms with E-state index in [9.17, 15) is 8.42 Å². The normalized spacial score (nSPS) is 22.9. The highest BCUT2D eigenvalue weighted by Crippen LogP contribution is 2.10. The van der Waals surface area contributed by atoms with Crippen molar-refractivity contribution in [1.82, 2.24) is 4.72 Å². The molecule has 0 saturated carbocycles. The highest BCUT2D eigenvalue weighted by Gasteiger charge is 2.13. The molecule has 0 saturated heterocycles. The molecule has 0 spiro atoms. The standard InChI is InChI=1S/C9H15NO2S/c1-3-13(11,12)10-9-6-4-8(2)5-7-9/h4-6,9-10H,3,7H2,1-2H3. The van der Waals surface area contributed by atoms with Crippen molar-refractivity contribution in [2.24, 2.45) is 0 Å². The molecule has 1 unspecified atom stereocenters. The first-order valence-electron chi connectivity index (χ1n) is 4.38. The van der Waals surface area contributed by atoms with Crippen molar-refractivity contribution < 1.29 is 8.42 Å². The molecule has 1 N–H and O–H groups in total. The van der Waals surface area contributed by atoms with Gasteiger partial charge >= 0.3 is 0 Å². The summed E-state index contributed by atoms with van der Waals surface area (Å²) in [4.78, 5) is 0. The van der Waals surface area contributed by atoms with Crippen molar-refractivity contribution in [1.29, 1.82) is 0 Å². The second-order valence-corrected chi connectivity index (χ2v) is 5.21. The lowest BCUT2D eigenvalue weighted by atomic mass is 10.1. The van der Waals surface area contributed by atoms with Crippen molar-refractivity contribution in [2.75, 3.05) is 5.75 Å². The maximum atomic E-state index is 11.2. The lowest BCUT2D eigenvalue weighted by Crippen LogP contribution is -2.34. The summed E-state index contributed by atoms with van der Waals surface area (Å²) in [5.41, 5.74) is 1.19. The summed E-state index contributed by atoms with van der Waals surface area (Å²) >= 11 is 0. The number of hydrogen-bond acceptors (Lipinski definition) is 2. The molecule has 1 rings (SSSR count). The van der Waals surface area contributed by atoms with E-state index in [0.29, 0.717) is 0 Å². The predicted molar refractivity (Wildman–Crippen MR) is 53.9 cm³/mol. The minimum Gasteiger partial charge on any atom is -0.212 e. The van der Waals surface area contributed by atoms with Crippen molar-refractivity contribution in [3.63, 3.8) is 0 Å². The first kappa shape index (κ1) is 10.5. The quantitative estimate of drug-likeness (QED) is 0.745. The maximum Gasteiger partial charge on any atom is 0.211 e. The summed E-state index contributed by atoms with van der Waals surface area (Å²) in [5.74, 6) is 0.139. The topological polar surface area (TPSA) is 46.2 Å². The van der Waals surface area contributed by atoms with E-state index in [1.165, 1.54) is 5.57 Å². The van der Waals surface area contributed by atoms with E-state index < -0.39 is 10.0 Å². The molecule has 3 nitrogen and oxygen atoms in total. The minimum absolute atomic E-state index is 0.0614. The Bertz CT molecular complexity index is 328. The van der Waals surface area contributed by atoms with Crippen LogP contribution in [-0.2, 0) is 10.0 Å². The Labute approximate surface area is 79.6 Å². The van der Waals surface area contributed by atoms with Crippen molar-refractivity contribution in [2.45, 2.75) is 26.3 Å². The third kappa shape index (κ3) is 3.32. The second-order valence-electron chi connectivity index (χ2n) is 3.17. The molecule has 1 aliphatic carbocycles. The van der Waals surface area contributed by atoms with Gasteiger partial charge in [0.1, 0.15) is 0 Å². The van der Waals surface area contributed by atoms with E-state index in [0.717, 1.165) is 6.42 Å². The number of rotatable bonds is 3. The molecule has 0 aromatic heterocycles. The third-order valence-corrected chi connectivity index (χ3v) is 3.42. The Hall–Kier alpha value is -0.610. The molecule has 0 radical (unpaired) electrons. The lowest BCUT2D eigenvalue weighted by Gasteiger charge is -2.15. The Morgan fingerprint density at radius 3 is 2.77 bits per heavy atom. The van der Waals surface area contributed by atoms with E-state index in [2.05, 4.69) is 4.72 Å². The van der Waals surface area contributed by atoms with Crippen LogP contribution in [0.3, 0.4) is 0 Å². The van der Waals surface area contributed by atoms with E-state index >= 15 is 0 Å². The van der Waals surface area contributed by atoms with Crippen LogP contribution >= 0.6 is 0 Å². The average molecular weight is 201 g/mol. The van der Waals surface area contributed by atoms with Crippen LogP contribution < -0.4 is 4.72 Å². The van der Waals surface area contributed by atoms with E-state index in [1.54, 1.807) is 6.92 Å². The van der Waals surface area contributed by atoms with Gasteiger partial charge in [-0.2, -0.15) is 0 Å². The van der Waals surface area contributed by atoms with Gasteiger partial charge in [0.15, 0.2) is 0 Å². The largest absolute Gasteiger partial charge is 0.212 e. The van der Waals surface area contributed by atoms with Gasteiger partial charge in [0.05, 0.1) is 5.75 Å². The first-order chi connectivity index (χ1) is 6.03. The van der Waals surface area contributed by atoms with Crippen LogP contribution in [0.25, 0.3) is 0 Å². The molecule has 74 valence electrons. The minimum atomic E-state index is -3.07. The molecule has 0 aliphatic heterocycles. The number of allylic oxidation sites excluding steroid dienone is 2. The fourth-order valence-electron chi connectivity index (χ4n) is 1.13. The molecule has 4 heteroatoms. The van der Waals surface area contributed by atoms with Gasteiger partial charge in [-0.15, -0.1) is 0 Å². The summed E-state index contributed by atoms with van der Waals surface area (Å²) in [6.07, 6.45) is 6.61. The molecule has 0 fully saturated rings. The van der Waals surface area contributed by atoms with Crippen LogP contribution in [-0.4, -0.2) is 20.2 Å². The SMILES string of the molecule is CCS(=O)(=O)NC1C=CC(C)=CC1. The molecule has 0 aromatic carbocycles. The predicted octanol–water partition coefficient (Wildman–Crippen LogP) is 1.20. The number of hydrogen-bond donors (Lipinski definition) is 1. The van der Waals surface area contributed by atoms with Crippen LogP contribution in [0.15, 0.2) is 23.8 Å². The van der Waals surface area contributed by atoms with Gasteiger partial charge in [0.2, 0.25) is 10.0 Å². The van der Waals surface area contributed by atoms with Gasteiger partial charge in [-0.05, 0) is 20.3 Å². The third-order valence-electron chi connectivity index (χ3n) is 2.00. The van der Waals surface area contributed by atoms with Crippen LogP contribution in [0.4, 0.5) is 0 Å². The lowest BCUT2D eigenvalue weighted by molar-refractivity contribution is 0.572. The van der Waals surface area contributed by atoms with Gasteiger partial charge < -0.3 is 0 Å². The van der Waals surface area contributed by atoms with E-state index in [-0.39, 0.29) is 11.8 Å². The smallest absolute Gasteiger partial charge is 0.211 e. The summed E-state index contributed by atoms with van der Waals surface area (Å²) in [7, 11) is -3.07. The highest BCUT2D eigenvalue weighted by molar-refractivity contribution is 7.89. The summed E-state index contributed by atoms with van der Waals surface area (Å²) in [5, 5.41) is 0. The molecule has 1 aliphatic rings. The molecule has 1 atom stereocenters. The molecular formula is C9H15NO2S. The Balaban J connectivity index is 2.55. The Morgan fingerprint density at radius 1 is 1.62 bits per heavy atom. The second kappa shape index (κ2) is 4.07. The summed E-state index contributed by atoms with van der Waals surface area (Å²) < 4.78 is 25.0. The average Bonchev–Trinajstić information content (AvgIpc) is 2.09. The van der Waals surface area contributed by atoms with Crippen LogP contribution in [0.2, 0.25) is 0 Å². The van der Waals surface area contributed by atoms with Gasteiger partial charge in [-0.1, -0.05) is 23.8 Å². The summed E-state index contributed by atoms with van der Waals surface area (Å²) in [6.45, 7) is 3.64. The van der Waals surface area contributed by atoms with Crippen LogP contribution in [0.5, 0.6) is 0 Å². The zero-order valence-electron chi connectivity index (χ0n) is 7.95. The monoisotopic (exact) mass is 201 g/mol. The molecule has 13 heavy (non-hydrogen) atoms. The van der Waals surface area contributed by atoms with E-state index in [1.807, 2.05) is 25.2 Å². The molecule has 0 bridgehead atoms. The van der Waals surface area contributed by atoms with Crippen molar-refractivity contribution >= 4 is 10.0 Å². The maximum absolute atomic E-state index is 11.2. The Kier molecular flexibility index (Phi) is 3.27. The van der Waals surface area contributed by atoms with Crippen LogP contribution in [0, 0.1) is 0 Å². The van der Waals surface area contributed by atoms with E-state index in [4.69, 9.17) is 0 Å². The van der Waals surface area contributed by atoms with Gasteiger partial charge in [0, 0.05) is 6.04 Å². The zero-order valence-corrected chi connectivity index (χ0v) is 8.76. The molecule has 0 heterocycles. The van der Waals surface area contributed by atoms with Crippen LogP contribution in [0.1, 0.15) is 20.3 Å². The number of nitrogens with one attached hydrogen (secondary N) is 1. The van der Waals surface area contributed by atoms with Crippen molar-refractivity contribution in [3.05, 3.63) is 23.8 Å². The summed E-state index contributed by atoms with van der Waals surface area (Å²) in [6, 6.07) is -0.0614. The van der Waals surface area contributed by atoms with Gasteiger partial charge in [-0.3, -0.25) is 0 Å². The molecule has 0 aromatic rings. The van der Waals surface area contributed by atoms with Gasteiger partial charge in [-0.25, -0.2) is 13.1 Å².